The molecule has 0 spiro atoms. The van der Waals surface area contributed by atoms with E-state index in [1.54, 1.807) is 0 Å². The van der Waals surface area contributed by atoms with E-state index < -0.39 is 0 Å². The van der Waals surface area contributed by atoms with E-state index in [4.69, 9.17) is 9.47 Å². The molecule has 1 saturated carbocycles. The first kappa shape index (κ1) is 19.5. The summed E-state index contributed by atoms with van der Waals surface area (Å²) >= 11 is 0. The number of hydrogen-bond acceptors (Lipinski definition) is 3. The van der Waals surface area contributed by atoms with Crippen LogP contribution in [0, 0.1) is 23.7 Å². The molecule has 0 unspecified atom stereocenters. The number of carbonyl (C=O) groups excluding carboxylic acids is 1. The van der Waals surface area contributed by atoms with E-state index in [0.29, 0.717) is 29.4 Å². The standard InChI is InChI=1S/C24H33NO3/c1-15-13-16(2)22-17(3)21(15)14-27-23(22)18-9-11-20(12-10-18)28-24(26)25-19-7-5-4-6-8-19/h9-13,15,17,19,21-23H,4-8,14H2,1-3H3,(H,25,26)/t15-,17+,21+,22+,23+/m0/s1. The van der Waals surface area contributed by atoms with E-state index in [1.807, 2.05) is 24.3 Å². The van der Waals surface area contributed by atoms with Crippen LogP contribution in [0.3, 0.4) is 0 Å². The molecule has 5 atom stereocenters. The molecule has 28 heavy (non-hydrogen) atoms. The third kappa shape index (κ3) is 3.98. The number of ether oxygens (including phenoxy) is 2. The fourth-order valence-corrected chi connectivity index (χ4v) is 5.52. The van der Waals surface area contributed by atoms with Crippen molar-refractivity contribution in [3.05, 3.63) is 41.5 Å². The lowest BCUT2D eigenvalue weighted by molar-refractivity contribution is -0.0934. The molecule has 152 valence electrons. The van der Waals surface area contributed by atoms with Crippen LogP contribution in [-0.4, -0.2) is 18.7 Å². The number of nitrogens with one attached hydrogen (secondary N) is 1. The summed E-state index contributed by atoms with van der Waals surface area (Å²) in [5.41, 5.74) is 2.60. The highest BCUT2D eigenvalue weighted by molar-refractivity contribution is 5.70. The lowest BCUT2D eigenvalue weighted by atomic mass is 9.64. The van der Waals surface area contributed by atoms with Crippen molar-refractivity contribution in [1.82, 2.24) is 5.32 Å². The van der Waals surface area contributed by atoms with E-state index >= 15 is 0 Å². The summed E-state index contributed by atoms with van der Waals surface area (Å²) in [4.78, 5) is 12.2. The van der Waals surface area contributed by atoms with Crippen LogP contribution >= 0.6 is 0 Å². The molecule has 2 fully saturated rings. The van der Waals surface area contributed by atoms with Gasteiger partial charge in [-0.1, -0.05) is 56.9 Å². The normalized spacial score (nSPS) is 33.1. The molecule has 1 aromatic rings. The van der Waals surface area contributed by atoms with Gasteiger partial charge < -0.3 is 14.8 Å². The Kier molecular flexibility index (Phi) is 5.77. The van der Waals surface area contributed by atoms with Crippen LogP contribution < -0.4 is 10.1 Å². The summed E-state index contributed by atoms with van der Waals surface area (Å²) in [5, 5.41) is 3.00. The van der Waals surface area contributed by atoms with Gasteiger partial charge in [0.25, 0.3) is 0 Å². The molecule has 0 radical (unpaired) electrons. The molecule has 0 aromatic heterocycles. The molecule has 1 amide bonds. The number of carbonyl (C=O) groups is 1. The molecule has 4 nitrogen and oxygen atoms in total. The molecule has 1 N–H and O–H groups in total. The third-order valence-corrected chi connectivity index (χ3v) is 7.11. The van der Waals surface area contributed by atoms with Gasteiger partial charge in [-0.3, -0.25) is 0 Å². The SMILES string of the molecule is CC1=C[C@H](C)[C@H]2CO[C@H](c3ccc(OC(=O)NC4CCCCC4)cc3)[C@H]1[C@@H]2C. The Morgan fingerprint density at radius 3 is 2.54 bits per heavy atom. The van der Waals surface area contributed by atoms with Gasteiger partial charge in [-0.05, 0) is 55.2 Å². The van der Waals surface area contributed by atoms with Crippen LogP contribution in [0.25, 0.3) is 0 Å². The van der Waals surface area contributed by atoms with Crippen LogP contribution in [0.4, 0.5) is 4.79 Å². The number of amides is 1. The summed E-state index contributed by atoms with van der Waals surface area (Å²) < 4.78 is 11.8. The highest BCUT2D eigenvalue weighted by Gasteiger charge is 2.43. The maximum Gasteiger partial charge on any atom is 0.412 e. The van der Waals surface area contributed by atoms with Gasteiger partial charge in [0, 0.05) is 12.0 Å². The van der Waals surface area contributed by atoms with Crippen LogP contribution in [0.15, 0.2) is 35.9 Å². The zero-order chi connectivity index (χ0) is 19.7. The maximum absolute atomic E-state index is 12.2. The van der Waals surface area contributed by atoms with Gasteiger partial charge in [0.15, 0.2) is 0 Å². The van der Waals surface area contributed by atoms with Crippen molar-refractivity contribution in [2.75, 3.05) is 6.61 Å². The number of rotatable bonds is 3. The molecule has 4 heteroatoms. The number of hydrogen-bond donors (Lipinski definition) is 1. The zero-order valence-corrected chi connectivity index (χ0v) is 17.3. The van der Waals surface area contributed by atoms with Gasteiger partial charge in [0.1, 0.15) is 5.75 Å². The second kappa shape index (κ2) is 8.28. The van der Waals surface area contributed by atoms with E-state index in [1.165, 1.54) is 24.8 Å². The largest absolute Gasteiger partial charge is 0.412 e. The average molecular weight is 384 g/mol. The molecule has 1 heterocycles. The maximum atomic E-state index is 12.2. The van der Waals surface area contributed by atoms with Crippen molar-refractivity contribution < 1.29 is 14.3 Å². The molecule has 2 aliphatic carbocycles. The summed E-state index contributed by atoms with van der Waals surface area (Å²) in [6.07, 6.45) is 7.93. The van der Waals surface area contributed by atoms with Crippen molar-refractivity contribution in [2.45, 2.75) is 65.0 Å². The predicted octanol–water partition coefficient (Wildman–Crippen LogP) is 5.64. The van der Waals surface area contributed by atoms with E-state index in [-0.39, 0.29) is 18.2 Å². The summed E-state index contributed by atoms with van der Waals surface area (Å²) in [6.45, 7) is 7.72. The molecular weight excluding hydrogens is 350 g/mol. The van der Waals surface area contributed by atoms with Gasteiger partial charge in [0.2, 0.25) is 0 Å². The van der Waals surface area contributed by atoms with Gasteiger partial charge in [-0.15, -0.1) is 0 Å². The zero-order valence-electron chi connectivity index (χ0n) is 17.3. The van der Waals surface area contributed by atoms with Gasteiger partial charge in [-0.2, -0.15) is 0 Å². The van der Waals surface area contributed by atoms with Crippen molar-refractivity contribution in [1.29, 1.82) is 0 Å². The first-order valence-electron chi connectivity index (χ1n) is 10.9. The minimum atomic E-state index is -0.343. The molecule has 2 bridgehead atoms. The Morgan fingerprint density at radius 1 is 1.11 bits per heavy atom. The smallest absolute Gasteiger partial charge is 0.410 e. The number of fused-ring (bicyclic) bond motifs is 2. The first-order valence-corrected chi connectivity index (χ1v) is 10.9. The molecular formula is C24H33NO3. The minimum absolute atomic E-state index is 0.0834. The lowest BCUT2D eigenvalue weighted by Gasteiger charge is -2.47. The lowest BCUT2D eigenvalue weighted by Crippen LogP contribution is -2.42. The Hall–Kier alpha value is -1.81. The minimum Gasteiger partial charge on any atom is -0.410 e. The fraction of sp³-hybridized carbons (Fsp3) is 0.625. The number of allylic oxidation sites excluding steroid dienone is 1. The van der Waals surface area contributed by atoms with Crippen molar-refractivity contribution in [3.8, 4) is 5.75 Å². The highest BCUT2D eigenvalue weighted by Crippen LogP contribution is 2.49. The molecule has 1 saturated heterocycles. The third-order valence-electron chi connectivity index (χ3n) is 7.11. The van der Waals surface area contributed by atoms with E-state index in [9.17, 15) is 4.79 Å². The Labute approximate surface area is 168 Å². The second-order valence-electron chi connectivity index (χ2n) is 9.01. The van der Waals surface area contributed by atoms with E-state index in [0.717, 1.165) is 25.0 Å². The summed E-state index contributed by atoms with van der Waals surface area (Å²) in [5.74, 6) is 2.83. The fourth-order valence-electron chi connectivity index (χ4n) is 5.52. The molecule has 1 aromatic carbocycles. The Bertz CT molecular complexity index is 720. The van der Waals surface area contributed by atoms with Crippen LogP contribution in [-0.2, 0) is 4.74 Å². The van der Waals surface area contributed by atoms with Gasteiger partial charge in [0.05, 0.1) is 12.7 Å². The van der Waals surface area contributed by atoms with Gasteiger partial charge in [-0.25, -0.2) is 4.79 Å². The topological polar surface area (TPSA) is 47.6 Å². The highest BCUT2D eigenvalue weighted by atomic mass is 16.6. The van der Waals surface area contributed by atoms with Crippen molar-refractivity contribution in [2.24, 2.45) is 23.7 Å². The van der Waals surface area contributed by atoms with Crippen LogP contribution in [0.5, 0.6) is 5.75 Å². The second-order valence-corrected chi connectivity index (χ2v) is 9.01. The summed E-state index contributed by atoms with van der Waals surface area (Å²) in [7, 11) is 0. The Balaban J connectivity index is 1.40. The van der Waals surface area contributed by atoms with Gasteiger partial charge >= 0.3 is 6.09 Å². The Morgan fingerprint density at radius 2 is 1.82 bits per heavy atom. The van der Waals surface area contributed by atoms with Crippen molar-refractivity contribution >= 4 is 6.09 Å². The molecule has 3 aliphatic rings. The molecule has 4 rings (SSSR count). The first-order chi connectivity index (χ1) is 13.5. The van der Waals surface area contributed by atoms with E-state index in [2.05, 4.69) is 32.2 Å². The monoisotopic (exact) mass is 383 g/mol. The van der Waals surface area contributed by atoms with Crippen molar-refractivity contribution in [3.63, 3.8) is 0 Å². The quantitative estimate of drug-likeness (QED) is 0.687. The average Bonchev–Trinajstić information content (AvgIpc) is 2.67. The predicted molar refractivity (Wildman–Crippen MR) is 110 cm³/mol. The molecule has 1 aliphatic heterocycles. The van der Waals surface area contributed by atoms with Crippen LogP contribution in [0.1, 0.15) is 64.5 Å². The number of benzene rings is 1. The summed E-state index contributed by atoms with van der Waals surface area (Å²) in [6, 6.07) is 8.13. The van der Waals surface area contributed by atoms with Crippen LogP contribution in [0.2, 0.25) is 0 Å².